The van der Waals surface area contributed by atoms with Gasteiger partial charge in [0.25, 0.3) is 0 Å². The van der Waals surface area contributed by atoms with Crippen LogP contribution < -0.4 is 0 Å². The predicted octanol–water partition coefficient (Wildman–Crippen LogP) is 4.78. The van der Waals surface area contributed by atoms with Gasteiger partial charge in [-0.15, -0.1) is 0 Å². The minimum Gasteiger partial charge on any atom is -0.453 e. The van der Waals surface area contributed by atoms with Gasteiger partial charge in [0, 0.05) is 0 Å². The number of allylic oxidation sites excluding steroid dienone is 1. The number of benzene rings is 2. The standard InChI is InChI=1S/C23H26O4/c1-5-15(2)22(25)26-14-20(24)27-23(3,4)19-12-17-10-6-8-16-9-7-11-18(13-19)21(16)17/h6-8,10-13,15H,5,9,14H2,1-4H3. The number of carbonyl (C=O) groups excluding carboxylic acids is 2. The average molecular weight is 366 g/mol. The van der Waals surface area contributed by atoms with Crippen molar-refractivity contribution in [2.75, 3.05) is 6.61 Å². The average Bonchev–Trinajstić information content (AvgIpc) is 2.65. The van der Waals surface area contributed by atoms with Crippen molar-refractivity contribution in [2.45, 2.75) is 46.1 Å². The second-order valence-electron chi connectivity index (χ2n) is 7.59. The molecule has 0 N–H and O–H groups in total. The first-order valence-corrected chi connectivity index (χ1v) is 9.43. The summed E-state index contributed by atoms with van der Waals surface area (Å²) in [6, 6.07) is 10.4. The van der Waals surface area contributed by atoms with Gasteiger partial charge in [0.2, 0.25) is 0 Å². The molecule has 0 saturated heterocycles. The quantitative estimate of drug-likeness (QED) is 0.691. The number of rotatable bonds is 6. The lowest BCUT2D eigenvalue weighted by molar-refractivity contribution is -0.169. The Hall–Kier alpha value is -2.62. The fourth-order valence-corrected chi connectivity index (χ4v) is 3.32. The van der Waals surface area contributed by atoms with Crippen molar-refractivity contribution in [1.82, 2.24) is 0 Å². The van der Waals surface area contributed by atoms with Gasteiger partial charge in [0.15, 0.2) is 6.61 Å². The van der Waals surface area contributed by atoms with Crippen LogP contribution in [0, 0.1) is 5.92 Å². The van der Waals surface area contributed by atoms with Crippen LogP contribution in [0.4, 0.5) is 0 Å². The van der Waals surface area contributed by atoms with E-state index in [0.29, 0.717) is 6.42 Å². The molecule has 0 aliphatic heterocycles. The van der Waals surface area contributed by atoms with Crippen LogP contribution in [0.1, 0.15) is 50.8 Å². The third-order valence-electron chi connectivity index (χ3n) is 5.14. The molecule has 27 heavy (non-hydrogen) atoms. The summed E-state index contributed by atoms with van der Waals surface area (Å²) in [5.74, 6) is -1.14. The summed E-state index contributed by atoms with van der Waals surface area (Å²) in [6.45, 7) is 7.02. The Labute approximate surface area is 160 Å². The molecular weight excluding hydrogens is 340 g/mol. The molecule has 0 fully saturated rings. The van der Waals surface area contributed by atoms with Crippen LogP contribution >= 0.6 is 0 Å². The molecule has 4 heteroatoms. The Balaban J connectivity index is 1.78. The van der Waals surface area contributed by atoms with Crippen molar-refractivity contribution in [2.24, 2.45) is 5.92 Å². The molecule has 0 aromatic heterocycles. The SMILES string of the molecule is CCC(C)C(=O)OCC(=O)OC(C)(C)c1cc2c3c(cccc3c1)CC=C2. The predicted molar refractivity (Wildman–Crippen MR) is 106 cm³/mol. The van der Waals surface area contributed by atoms with Crippen LogP contribution in [0.5, 0.6) is 0 Å². The van der Waals surface area contributed by atoms with Gasteiger partial charge in [0.05, 0.1) is 5.92 Å². The van der Waals surface area contributed by atoms with Gasteiger partial charge in [-0.3, -0.25) is 4.79 Å². The van der Waals surface area contributed by atoms with Gasteiger partial charge >= 0.3 is 11.9 Å². The van der Waals surface area contributed by atoms with Gasteiger partial charge in [-0.2, -0.15) is 0 Å². The van der Waals surface area contributed by atoms with Crippen LogP contribution in [0.25, 0.3) is 16.8 Å². The molecule has 0 amide bonds. The van der Waals surface area contributed by atoms with E-state index in [1.54, 1.807) is 6.92 Å². The van der Waals surface area contributed by atoms with Crippen molar-refractivity contribution >= 4 is 28.8 Å². The number of esters is 2. The summed E-state index contributed by atoms with van der Waals surface area (Å²) < 4.78 is 10.7. The highest BCUT2D eigenvalue weighted by atomic mass is 16.6. The van der Waals surface area contributed by atoms with E-state index in [4.69, 9.17) is 9.47 Å². The first-order valence-electron chi connectivity index (χ1n) is 9.43. The molecule has 0 spiro atoms. The smallest absolute Gasteiger partial charge is 0.345 e. The first-order chi connectivity index (χ1) is 12.8. The van der Waals surface area contributed by atoms with Crippen LogP contribution in [0.15, 0.2) is 36.4 Å². The molecule has 1 unspecified atom stereocenters. The second kappa shape index (κ2) is 7.55. The van der Waals surface area contributed by atoms with E-state index in [9.17, 15) is 9.59 Å². The van der Waals surface area contributed by atoms with E-state index in [2.05, 4.69) is 42.5 Å². The molecule has 2 aromatic carbocycles. The molecule has 142 valence electrons. The van der Waals surface area contributed by atoms with Gasteiger partial charge in [-0.1, -0.05) is 44.2 Å². The van der Waals surface area contributed by atoms with E-state index < -0.39 is 11.6 Å². The van der Waals surface area contributed by atoms with Crippen LogP contribution in [-0.4, -0.2) is 18.5 Å². The van der Waals surface area contributed by atoms with E-state index in [0.717, 1.165) is 22.9 Å². The molecule has 2 aromatic rings. The van der Waals surface area contributed by atoms with Crippen molar-refractivity contribution in [3.8, 4) is 0 Å². The summed E-state index contributed by atoms with van der Waals surface area (Å²) in [5.41, 5.74) is 2.53. The largest absolute Gasteiger partial charge is 0.453 e. The van der Waals surface area contributed by atoms with E-state index in [1.807, 2.05) is 20.8 Å². The summed E-state index contributed by atoms with van der Waals surface area (Å²) in [6.07, 6.45) is 5.87. The van der Waals surface area contributed by atoms with Crippen molar-refractivity contribution in [1.29, 1.82) is 0 Å². The summed E-state index contributed by atoms with van der Waals surface area (Å²) in [7, 11) is 0. The molecule has 0 radical (unpaired) electrons. The lowest BCUT2D eigenvalue weighted by Gasteiger charge is -2.27. The highest BCUT2D eigenvalue weighted by molar-refractivity contribution is 5.95. The molecular formula is C23H26O4. The summed E-state index contributed by atoms with van der Waals surface area (Å²) in [4.78, 5) is 24.0. The van der Waals surface area contributed by atoms with Crippen LogP contribution in [-0.2, 0) is 31.1 Å². The molecule has 1 aliphatic rings. The summed E-state index contributed by atoms with van der Waals surface area (Å²) in [5, 5.41) is 2.39. The van der Waals surface area contributed by atoms with Crippen LogP contribution in [0.2, 0.25) is 0 Å². The zero-order valence-electron chi connectivity index (χ0n) is 16.4. The minimum atomic E-state index is -0.828. The third kappa shape index (κ3) is 4.05. The fourth-order valence-electron chi connectivity index (χ4n) is 3.32. The van der Waals surface area contributed by atoms with Gasteiger partial charge < -0.3 is 9.47 Å². The minimum absolute atomic E-state index is 0.222. The Kier molecular flexibility index (Phi) is 5.36. The Morgan fingerprint density at radius 2 is 2.00 bits per heavy atom. The molecule has 1 atom stereocenters. The van der Waals surface area contributed by atoms with E-state index >= 15 is 0 Å². The monoisotopic (exact) mass is 366 g/mol. The Morgan fingerprint density at radius 1 is 1.22 bits per heavy atom. The van der Waals surface area contributed by atoms with Crippen molar-refractivity contribution in [3.05, 3.63) is 53.1 Å². The molecule has 0 bridgehead atoms. The molecule has 0 heterocycles. The molecule has 1 aliphatic carbocycles. The van der Waals surface area contributed by atoms with Crippen LogP contribution in [0.3, 0.4) is 0 Å². The lowest BCUT2D eigenvalue weighted by atomic mass is 9.87. The molecule has 0 saturated carbocycles. The van der Waals surface area contributed by atoms with Gasteiger partial charge in [-0.25, -0.2) is 4.79 Å². The highest BCUT2D eigenvalue weighted by Crippen LogP contribution is 2.34. The Morgan fingerprint density at radius 3 is 2.74 bits per heavy atom. The van der Waals surface area contributed by atoms with E-state index in [1.165, 1.54) is 10.9 Å². The first kappa shape index (κ1) is 19.2. The molecule has 3 rings (SSSR count). The Bertz CT molecular complexity index is 908. The normalized spacial score (nSPS) is 14.1. The maximum atomic E-state index is 12.2. The number of hydrogen-bond donors (Lipinski definition) is 0. The zero-order chi connectivity index (χ0) is 19.6. The van der Waals surface area contributed by atoms with Gasteiger partial charge in [0.1, 0.15) is 5.60 Å². The van der Waals surface area contributed by atoms with Crippen molar-refractivity contribution in [3.63, 3.8) is 0 Å². The number of hydrogen-bond acceptors (Lipinski definition) is 4. The highest BCUT2D eigenvalue weighted by Gasteiger charge is 2.27. The fraction of sp³-hybridized carbons (Fsp3) is 0.391. The number of ether oxygens (including phenoxy) is 2. The second-order valence-corrected chi connectivity index (χ2v) is 7.59. The maximum Gasteiger partial charge on any atom is 0.345 e. The topological polar surface area (TPSA) is 52.6 Å². The number of carbonyl (C=O) groups is 2. The summed E-state index contributed by atoms with van der Waals surface area (Å²) >= 11 is 0. The third-order valence-corrected chi connectivity index (χ3v) is 5.14. The van der Waals surface area contributed by atoms with E-state index in [-0.39, 0.29) is 18.5 Å². The van der Waals surface area contributed by atoms with Crippen molar-refractivity contribution < 1.29 is 19.1 Å². The lowest BCUT2D eigenvalue weighted by Crippen LogP contribution is -2.29. The zero-order valence-corrected chi connectivity index (χ0v) is 16.4. The maximum absolute atomic E-state index is 12.2. The molecule has 4 nitrogen and oxygen atoms in total. The van der Waals surface area contributed by atoms with Gasteiger partial charge in [-0.05, 0) is 66.3 Å².